The zero-order chi connectivity index (χ0) is 21.8. The first kappa shape index (κ1) is 21.8. The molecule has 0 radical (unpaired) electrons. The van der Waals surface area contributed by atoms with Crippen LogP contribution in [0.3, 0.4) is 0 Å². The summed E-state index contributed by atoms with van der Waals surface area (Å²) in [6.45, 7) is 4.94. The number of carbonyl (C=O) groups excluding carboxylic acids is 1. The molecule has 2 heterocycles. The lowest BCUT2D eigenvalue weighted by atomic mass is 10.0. The second kappa shape index (κ2) is 9.82. The zero-order valence-electron chi connectivity index (χ0n) is 17.6. The van der Waals surface area contributed by atoms with E-state index in [0.29, 0.717) is 24.2 Å². The van der Waals surface area contributed by atoms with Crippen molar-refractivity contribution in [2.24, 2.45) is 0 Å². The van der Waals surface area contributed by atoms with Gasteiger partial charge in [0, 0.05) is 49.7 Å². The van der Waals surface area contributed by atoms with Crippen LogP contribution in [-0.2, 0) is 4.79 Å². The van der Waals surface area contributed by atoms with E-state index < -0.39 is 5.91 Å². The first-order chi connectivity index (χ1) is 15.0. The number of carbonyl (C=O) groups is 1. The van der Waals surface area contributed by atoms with Gasteiger partial charge in [0.25, 0.3) is 5.91 Å². The fourth-order valence-electron chi connectivity index (χ4n) is 3.86. The maximum absolute atomic E-state index is 14.8. The van der Waals surface area contributed by atoms with E-state index in [-0.39, 0.29) is 5.82 Å². The molecular weight excluding hydrogens is 415 g/mol. The lowest BCUT2D eigenvalue weighted by Gasteiger charge is -2.34. The maximum atomic E-state index is 14.8. The number of anilines is 1. The van der Waals surface area contributed by atoms with Crippen LogP contribution in [-0.4, -0.2) is 66.6 Å². The molecule has 4 rings (SSSR count). The minimum Gasteiger partial charge on any atom is -0.367 e. The Bertz CT molecular complexity index is 959. The number of likely N-dealkylation sites (N-methyl/N-ethyl adjacent to an activating group) is 1. The Morgan fingerprint density at radius 1 is 1.03 bits per heavy atom. The fourth-order valence-corrected chi connectivity index (χ4v) is 4.75. The van der Waals surface area contributed by atoms with Crippen molar-refractivity contribution in [1.29, 1.82) is 0 Å². The summed E-state index contributed by atoms with van der Waals surface area (Å²) in [7, 11) is 2.09. The molecule has 0 bridgehead atoms. The molecule has 0 unspecified atom stereocenters. The lowest BCUT2D eigenvalue weighted by molar-refractivity contribution is -0.125. The minimum absolute atomic E-state index is 0.177. The Morgan fingerprint density at radius 2 is 1.74 bits per heavy atom. The number of halogens is 1. The van der Waals surface area contributed by atoms with Crippen molar-refractivity contribution in [2.75, 3.05) is 51.2 Å². The van der Waals surface area contributed by atoms with E-state index in [2.05, 4.69) is 21.2 Å². The first-order valence-corrected chi connectivity index (χ1v) is 11.2. The highest BCUT2D eigenvalue weighted by Crippen LogP contribution is 2.31. The molecule has 2 aliphatic heterocycles. The molecule has 1 saturated heterocycles. The fraction of sp³-hybridized carbons (Fsp3) is 0.348. The topological polar surface area (TPSA) is 59.0 Å². The van der Waals surface area contributed by atoms with Crippen LogP contribution in [0.1, 0.15) is 6.42 Å². The van der Waals surface area contributed by atoms with E-state index in [1.165, 1.54) is 0 Å². The van der Waals surface area contributed by atoms with Gasteiger partial charge in [0.1, 0.15) is 5.82 Å². The highest BCUT2D eigenvalue weighted by atomic mass is 32.2. The molecule has 8 heteroatoms. The quantitative estimate of drug-likeness (QED) is 0.421. The molecule has 0 spiro atoms. The Morgan fingerprint density at radius 3 is 2.35 bits per heavy atom. The second-order valence-corrected chi connectivity index (χ2v) is 9.05. The van der Waals surface area contributed by atoms with Crippen LogP contribution in [0.5, 0.6) is 0 Å². The number of hydrogen-bond donors (Lipinski definition) is 2. The normalized spacial score (nSPS) is 18.0. The van der Waals surface area contributed by atoms with E-state index in [1.54, 1.807) is 23.5 Å². The molecule has 1 fully saturated rings. The molecular formula is C23H27FN4O2S. The van der Waals surface area contributed by atoms with Crippen LogP contribution in [0.2, 0.25) is 0 Å². The molecule has 2 N–H and O–H groups in total. The van der Waals surface area contributed by atoms with Crippen molar-refractivity contribution >= 4 is 23.5 Å². The minimum atomic E-state index is -0.431. The predicted octanol–water partition coefficient (Wildman–Crippen LogP) is 3.39. The number of nitrogens with zero attached hydrogens (tertiary/aromatic N) is 3. The van der Waals surface area contributed by atoms with E-state index in [0.717, 1.165) is 48.7 Å². The average molecular weight is 443 g/mol. The third kappa shape index (κ3) is 5.27. The van der Waals surface area contributed by atoms with Gasteiger partial charge in [-0.1, -0.05) is 24.3 Å². The van der Waals surface area contributed by atoms with Crippen molar-refractivity contribution < 1.29 is 14.4 Å². The Balaban J connectivity index is 1.39. The maximum Gasteiger partial charge on any atom is 0.270 e. The monoisotopic (exact) mass is 442 g/mol. The Labute approximate surface area is 186 Å². The standard InChI is InChI=1S/C23H27FN4O2S/c1-26-12-14-27(15-13-26)22-7-4-19(16-21(22)24)17-2-5-20(6-3-17)31-28-10-8-18(9-11-28)23(29)25-30/h2-8,16,30H,9-15H2,1H3,(H,25,29). The summed E-state index contributed by atoms with van der Waals surface area (Å²) in [6.07, 6.45) is 2.43. The van der Waals surface area contributed by atoms with Crippen LogP contribution in [0.15, 0.2) is 59.0 Å². The van der Waals surface area contributed by atoms with E-state index >= 15 is 0 Å². The van der Waals surface area contributed by atoms with Gasteiger partial charge in [-0.15, -0.1) is 0 Å². The lowest BCUT2D eigenvalue weighted by Crippen LogP contribution is -2.44. The van der Waals surface area contributed by atoms with Crippen LogP contribution >= 0.6 is 11.9 Å². The van der Waals surface area contributed by atoms with Gasteiger partial charge < -0.3 is 9.80 Å². The number of amides is 1. The van der Waals surface area contributed by atoms with Gasteiger partial charge in [0.2, 0.25) is 0 Å². The summed E-state index contributed by atoms with van der Waals surface area (Å²) in [5.74, 6) is -0.608. The number of hydroxylamine groups is 1. The van der Waals surface area contributed by atoms with Crippen molar-refractivity contribution in [2.45, 2.75) is 11.3 Å². The summed E-state index contributed by atoms with van der Waals surface area (Å²) in [6, 6.07) is 13.6. The highest BCUT2D eigenvalue weighted by Gasteiger charge is 2.19. The molecule has 0 saturated carbocycles. The van der Waals surface area contributed by atoms with Gasteiger partial charge in [-0.3, -0.25) is 10.0 Å². The third-order valence-electron chi connectivity index (χ3n) is 5.78. The molecule has 31 heavy (non-hydrogen) atoms. The Kier molecular flexibility index (Phi) is 6.92. The van der Waals surface area contributed by atoms with Crippen LogP contribution < -0.4 is 10.4 Å². The molecule has 0 atom stereocenters. The largest absolute Gasteiger partial charge is 0.367 e. The van der Waals surface area contributed by atoms with Gasteiger partial charge in [0.05, 0.1) is 5.69 Å². The molecule has 0 aliphatic carbocycles. The Hall–Kier alpha value is -2.39. The first-order valence-electron chi connectivity index (χ1n) is 10.4. The molecule has 2 aliphatic rings. The molecule has 2 aromatic carbocycles. The van der Waals surface area contributed by atoms with Crippen LogP contribution in [0, 0.1) is 5.82 Å². The number of hydrogen-bond acceptors (Lipinski definition) is 6. The summed E-state index contributed by atoms with van der Waals surface area (Å²) in [4.78, 5) is 16.9. The van der Waals surface area contributed by atoms with Gasteiger partial charge in [-0.05, 0) is 60.8 Å². The smallest absolute Gasteiger partial charge is 0.270 e. The summed E-state index contributed by atoms with van der Waals surface area (Å²) in [5.41, 5.74) is 4.82. The van der Waals surface area contributed by atoms with Crippen molar-refractivity contribution in [3.05, 3.63) is 59.9 Å². The van der Waals surface area contributed by atoms with E-state index in [1.807, 2.05) is 42.5 Å². The highest BCUT2D eigenvalue weighted by molar-refractivity contribution is 7.97. The molecule has 0 aromatic heterocycles. The van der Waals surface area contributed by atoms with Crippen molar-refractivity contribution in [3.8, 4) is 11.1 Å². The van der Waals surface area contributed by atoms with E-state index in [4.69, 9.17) is 5.21 Å². The molecule has 6 nitrogen and oxygen atoms in total. The molecule has 164 valence electrons. The number of nitrogens with one attached hydrogen (secondary N) is 1. The van der Waals surface area contributed by atoms with Crippen LogP contribution in [0.25, 0.3) is 11.1 Å². The summed E-state index contributed by atoms with van der Waals surface area (Å²) in [5, 5.41) is 8.73. The van der Waals surface area contributed by atoms with Crippen LogP contribution in [0.4, 0.5) is 10.1 Å². The number of benzene rings is 2. The zero-order valence-corrected chi connectivity index (χ0v) is 18.4. The van der Waals surface area contributed by atoms with Gasteiger partial charge in [0.15, 0.2) is 0 Å². The summed E-state index contributed by atoms with van der Waals surface area (Å²) >= 11 is 1.62. The second-order valence-electron chi connectivity index (χ2n) is 7.88. The average Bonchev–Trinajstić information content (AvgIpc) is 2.80. The third-order valence-corrected chi connectivity index (χ3v) is 6.85. The molecule has 1 amide bonds. The number of rotatable bonds is 5. The van der Waals surface area contributed by atoms with Gasteiger partial charge in [-0.25, -0.2) is 14.2 Å². The summed E-state index contributed by atoms with van der Waals surface area (Å²) < 4.78 is 17.0. The van der Waals surface area contributed by atoms with Crippen molar-refractivity contribution in [3.63, 3.8) is 0 Å². The molecule has 2 aromatic rings. The van der Waals surface area contributed by atoms with Crippen molar-refractivity contribution in [1.82, 2.24) is 14.7 Å². The van der Waals surface area contributed by atoms with E-state index in [9.17, 15) is 9.18 Å². The van der Waals surface area contributed by atoms with Gasteiger partial charge in [-0.2, -0.15) is 0 Å². The van der Waals surface area contributed by atoms with Gasteiger partial charge >= 0.3 is 0 Å². The SMILES string of the molecule is CN1CCN(c2ccc(-c3ccc(SN4CC=C(C(=O)NO)CC4)cc3)cc2F)CC1. The number of piperazine rings is 1. The predicted molar refractivity (Wildman–Crippen MR) is 122 cm³/mol.